The number of furan rings is 1. The van der Waals surface area contributed by atoms with Gasteiger partial charge in [0.15, 0.2) is 11.0 Å². The van der Waals surface area contributed by atoms with Crippen LogP contribution in [-0.4, -0.2) is 5.91 Å². The number of carbonyl (C=O) groups excluding carboxylic acids is 1. The highest BCUT2D eigenvalue weighted by molar-refractivity contribution is 6.29. The van der Waals surface area contributed by atoms with Crippen LogP contribution in [0.15, 0.2) is 34.7 Å². The molecule has 4 nitrogen and oxygen atoms in total. The molecule has 1 aliphatic heterocycles. The number of amides is 1. The summed E-state index contributed by atoms with van der Waals surface area (Å²) in [5.74, 6) is -0.0293. The van der Waals surface area contributed by atoms with E-state index in [2.05, 4.69) is 22.8 Å². The molecule has 3 rings (SSSR count). The van der Waals surface area contributed by atoms with Gasteiger partial charge >= 0.3 is 0 Å². The topological polar surface area (TPSA) is 54.3 Å². The van der Waals surface area contributed by atoms with Crippen LogP contribution in [0, 0.1) is 0 Å². The molecule has 0 spiro atoms. The van der Waals surface area contributed by atoms with E-state index in [-0.39, 0.29) is 16.9 Å². The van der Waals surface area contributed by atoms with Crippen molar-refractivity contribution in [1.82, 2.24) is 10.6 Å². The summed E-state index contributed by atoms with van der Waals surface area (Å²) < 4.78 is 5.05. The Morgan fingerprint density at radius 3 is 2.89 bits per heavy atom. The molecular formula is C14H13ClN2O2. The van der Waals surface area contributed by atoms with Gasteiger partial charge in [0.25, 0.3) is 5.91 Å². The highest BCUT2D eigenvalue weighted by Gasteiger charge is 2.12. The minimum Gasteiger partial charge on any atom is -0.440 e. The monoisotopic (exact) mass is 276 g/mol. The maximum Gasteiger partial charge on any atom is 0.287 e. The zero-order valence-corrected chi connectivity index (χ0v) is 11.0. The van der Waals surface area contributed by atoms with Gasteiger partial charge in [0.1, 0.15) is 0 Å². The molecule has 0 atom stereocenters. The molecule has 0 saturated carbocycles. The molecule has 1 amide bonds. The van der Waals surface area contributed by atoms with E-state index in [1.165, 1.54) is 11.1 Å². The van der Waals surface area contributed by atoms with Gasteiger partial charge in [0.05, 0.1) is 0 Å². The summed E-state index contributed by atoms with van der Waals surface area (Å²) in [6.45, 7) is 2.29. The van der Waals surface area contributed by atoms with Crippen LogP contribution in [0.4, 0.5) is 0 Å². The van der Waals surface area contributed by atoms with E-state index in [0.717, 1.165) is 18.7 Å². The van der Waals surface area contributed by atoms with Crippen LogP contribution in [0.25, 0.3) is 0 Å². The number of benzene rings is 1. The zero-order valence-electron chi connectivity index (χ0n) is 10.2. The Bertz CT molecular complexity index is 622. The van der Waals surface area contributed by atoms with Gasteiger partial charge in [-0.2, -0.15) is 0 Å². The Kier molecular flexibility index (Phi) is 3.27. The maximum absolute atomic E-state index is 11.8. The predicted molar refractivity (Wildman–Crippen MR) is 71.9 cm³/mol. The number of rotatable bonds is 3. The number of halogens is 1. The molecule has 98 valence electrons. The number of nitrogens with one attached hydrogen (secondary N) is 2. The van der Waals surface area contributed by atoms with Gasteiger partial charge in [-0.1, -0.05) is 18.2 Å². The van der Waals surface area contributed by atoms with Gasteiger partial charge in [0.2, 0.25) is 0 Å². The summed E-state index contributed by atoms with van der Waals surface area (Å²) in [6.07, 6.45) is 0. The van der Waals surface area contributed by atoms with E-state index >= 15 is 0 Å². The molecule has 2 aromatic rings. The average molecular weight is 277 g/mol. The van der Waals surface area contributed by atoms with Gasteiger partial charge < -0.3 is 15.1 Å². The molecule has 1 aromatic carbocycles. The third kappa shape index (κ3) is 2.64. The molecule has 1 aromatic heterocycles. The first-order valence-electron chi connectivity index (χ1n) is 6.07. The molecule has 0 fully saturated rings. The standard InChI is InChI=1S/C14H13ClN2O2/c15-13-4-3-12(19-13)14(18)17-6-9-1-2-10-7-16-8-11(10)5-9/h1-5,16H,6-8H2,(H,17,18). The number of hydrogen-bond donors (Lipinski definition) is 2. The lowest BCUT2D eigenvalue weighted by Crippen LogP contribution is -2.22. The summed E-state index contributed by atoms with van der Waals surface area (Å²) in [4.78, 5) is 11.8. The Balaban J connectivity index is 1.64. The van der Waals surface area contributed by atoms with Crippen molar-refractivity contribution < 1.29 is 9.21 Å². The molecule has 0 aliphatic carbocycles. The molecule has 19 heavy (non-hydrogen) atoms. The highest BCUT2D eigenvalue weighted by Crippen LogP contribution is 2.17. The van der Waals surface area contributed by atoms with E-state index in [1.54, 1.807) is 12.1 Å². The molecule has 0 saturated heterocycles. The van der Waals surface area contributed by atoms with Gasteiger partial charge in [0, 0.05) is 19.6 Å². The number of hydrogen-bond acceptors (Lipinski definition) is 3. The molecule has 1 aliphatic rings. The van der Waals surface area contributed by atoms with Crippen LogP contribution in [0.2, 0.25) is 5.22 Å². The van der Waals surface area contributed by atoms with Crippen molar-refractivity contribution in [1.29, 1.82) is 0 Å². The van der Waals surface area contributed by atoms with Crippen molar-refractivity contribution in [2.45, 2.75) is 19.6 Å². The largest absolute Gasteiger partial charge is 0.440 e. The normalized spacial score (nSPS) is 13.3. The van der Waals surface area contributed by atoms with E-state index in [0.29, 0.717) is 6.54 Å². The van der Waals surface area contributed by atoms with Crippen LogP contribution >= 0.6 is 11.6 Å². The Labute approximate surface area is 115 Å². The summed E-state index contributed by atoms with van der Waals surface area (Å²) in [5.41, 5.74) is 3.70. The zero-order chi connectivity index (χ0) is 13.2. The lowest BCUT2D eigenvalue weighted by molar-refractivity contribution is 0.0923. The SMILES string of the molecule is O=C(NCc1ccc2c(c1)CNC2)c1ccc(Cl)o1. The molecule has 0 unspecified atom stereocenters. The second-order valence-electron chi connectivity index (χ2n) is 4.49. The van der Waals surface area contributed by atoms with Crippen LogP contribution in [-0.2, 0) is 19.6 Å². The maximum atomic E-state index is 11.8. The van der Waals surface area contributed by atoms with E-state index < -0.39 is 0 Å². The van der Waals surface area contributed by atoms with Crippen LogP contribution in [0.5, 0.6) is 0 Å². The van der Waals surface area contributed by atoms with Gasteiger partial charge in [-0.25, -0.2) is 0 Å². The minimum atomic E-state index is -0.259. The second kappa shape index (κ2) is 5.07. The van der Waals surface area contributed by atoms with Crippen molar-refractivity contribution in [3.63, 3.8) is 0 Å². The average Bonchev–Trinajstić information content (AvgIpc) is 3.03. The highest BCUT2D eigenvalue weighted by atomic mass is 35.5. The first-order chi connectivity index (χ1) is 9.22. The first kappa shape index (κ1) is 12.3. The van der Waals surface area contributed by atoms with Crippen molar-refractivity contribution in [2.24, 2.45) is 0 Å². The Morgan fingerprint density at radius 1 is 1.26 bits per heavy atom. The molecular weight excluding hydrogens is 264 g/mol. The van der Waals surface area contributed by atoms with E-state index in [4.69, 9.17) is 16.0 Å². The van der Waals surface area contributed by atoms with E-state index in [1.807, 2.05) is 6.07 Å². The van der Waals surface area contributed by atoms with Crippen LogP contribution < -0.4 is 10.6 Å². The van der Waals surface area contributed by atoms with Gasteiger partial charge in [-0.15, -0.1) is 0 Å². The summed E-state index contributed by atoms with van der Waals surface area (Å²) in [7, 11) is 0. The lowest BCUT2D eigenvalue weighted by Gasteiger charge is -2.05. The number of carbonyl (C=O) groups is 1. The molecule has 0 radical (unpaired) electrons. The fourth-order valence-corrected chi connectivity index (χ4v) is 2.31. The molecule has 0 bridgehead atoms. The third-order valence-corrected chi connectivity index (χ3v) is 3.35. The Hall–Kier alpha value is -1.78. The quantitative estimate of drug-likeness (QED) is 0.905. The third-order valence-electron chi connectivity index (χ3n) is 3.15. The van der Waals surface area contributed by atoms with Crippen molar-refractivity contribution >= 4 is 17.5 Å². The van der Waals surface area contributed by atoms with Gasteiger partial charge in [-0.05, 0) is 40.4 Å². The second-order valence-corrected chi connectivity index (χ2v) is 4.87. The fourth-order valence-electron chi connectivity index (χ4n) is 2.16. The molecule has 5 heteroatoms. The smallest absolute Gasteiger partial charge is 0.287 e. The molecule has 2 heterocycles. The predicted octanol–water partition coefficient (Wildman–Crippen LogP) is 2.47. The summed E-state index contributed by atoms with van der Waals surface area (Å²) >= 11 is 5.63. The van der Waals surface area contributed by atoms with Crippen molar-refractivity contribution in [3.05, 3.63) is 58.0 Å². The Morgan fingerprint density at radius 2 is 2.11 bits per heavy atom. The lowest BCUT2D eigenvalue weighted by atomic mass is 10.1. The molecule has 2 N–H and O–H groups in total. The minimum absolute atomic E-state index is 0.216. The summed E-state index contributed by atoms with van der Waals surface area (Å²) in [6, 6.07) is 9.36. The van der Waals surface area contributed by atoms with Crippen molar-refractivity contribution in [3.8, 4) is 0 Å². The van der Waals surface area contributed by atoms with E-state index in [9.17, 15) is 4.79 Å². The van der Waals surface area contributed by atoms with Crippen molar-refractivity contribution in [2.75, 3.05) is 0 Å². The first-order valence-corrected chi connectivity index (χ1v) is 6.45. The summed E-state index contributed by atoms with van der Waals surface area (Å²) in [5, 5.41) is 6.32. The van der Waals surface area contributed by atoms with Crippen LogP contribution in [0.3, 0.4) is 0 Å². The fraction of sp³-hybridized carbons (Fsp3) is 0.214. The van der Waals surface area contributed by atoms with Crippen LogP contribution in [0.1, 0.15) is 27.2 Å². The number of fused-ring (bicyclic) bond motifs is 1. The van der Waals surface area contributed by atoms with Gasteiger partial charge in [-0.3, -0.25) is 4.79 Å².